The van der Waals surface area contributed by atoms with Crippen molar-refractivity contribution in [1.29, 1.82) is 0 Å². The predicted octanol–water partition coefficient (Wildman–Crippen LogP) is 0.947. The van der Waals surface area contributed by atoms with Gasteiger partial charge in [-0.15, -0.1) is 0 Å². The van der Waals surface area contributed by atoms with Crippen molar-refractivity contribution >= 4 is 11.7 Å². The fourth-order valence-electron chi connectivity index (χ4n) is 3.31. The van der Waals surface area contributed by atoms with Gasteiger partial charge >= 0.3 is 0 Å². The topological polar surface area (TPSA) is 121 Å². The molecule has 2 aliphatic rings. The number of rotatable bonds is 12. The zero-order valence-electron chi connectivity index (χ0n) is 17.7. The van der Waals surface area contributed by atoms with Gasteiger partial charge in [0.2, 0.25) is 5.91 Å². The summed E-state index contributed by atoms with van der Waals surface area (Å²) in [7, 11) is 1.93. The number of ether oxygens (including phenoxy) is 4. The van der Waals surface area contributed by atoms with E-state index >= 15 is 0 Å². The summed E-state index contributed by atoms with van der Waals surface area (Å²) in [6.07, 6.45) is 3.58. The molecule has 2 fully saturated rings. The maximum atomic E-state index is 11.9. The zero-order valence-corrected chi connectivity index (χ0v) is 17.7. The largest absolute Gasteiger partial charge is 0.355 e. The number of carbonyl (C=O) groups is 2. The van der Waals surface area contributed by atoms with Gasteiger partial charge in [-0.1, -0.05) is 7.43 Å². The first kappa shape index (κ1) is 26.9. The van der Waals surface area contributed by atoms with Gasteiger partial charge in [-0.05, 0) is 46.2 Å². The minimum absolute atomic E-state index is 0. The summed E-state index contributed by atoms with van der Waals surface area (Å²) in [5.41, 5.74) is 5.54. The van der Waals surface area contributed by atoms with E-state index < -0.39 is 6.04 Å². The minimum Gasteiger partial charge on any atom is -0.355 e. The molecule has 0 aliphatic carbocycles. The highest BCUT2D eigenvalue weighted by Crippen LogP contribution is 2.31. The van der Waals surface area contributed by atoms with E-state index in [-0.39, 0.29) is 37.1 Å². The summed E-state index contributed by atoms with van der Waals surface area (Å²) < 4.78 is 23.4. The van der Waals surface area contributed by atoms with E-state index in [0.717, 1.165) is 25.8 Å². The highest BCUT2D eigenvalue weighted by Gasteiger charge is 2.41. The van der Waals surface area contributed by atoms with Crippen molar-refractivity contribution in [3.8, 4) is 0 Å². The van der Waals surface area contributed by atoms with Crippen LogP contribution in [0.2, 0.25) is 0 Å². The maximum Gasteiger partial charge on any atom is 0.236 e. The maximum absolute atomic E-state index is 11.9. The molecule has 2 rings (SSSR count). The second kappa shape index (κ2) is 14.1. The molecule has 0 bridgehead atoms. The summed E-state index contributed by atoms with van der Waals surface area (Å²) in [5.74, 6) is -0.188. The lowest BCUT2D eigenvalue weighted by atomic mass is 9.90. The van der Waals surface area contributed by atoms with Crippen LogP contribution in [0.1, 0.15) is 52.9 Å². The normalized spacial score (nSPS) is 27.3. The van der Waals surface area contributed by atoms with Gasteiger partial charge in [0.1, 0.15) is 5.78 Å². The van der Waals surface area contributed by atoms with E-state index in [2.05, 4.69) is 10.6 Å². The van der Waals surface area contributed by atoms with E-state index in [1.54, 1.807) is 0 Å². The lowest BCUT2D eigenvalue weighted by Crippen LogP contribution is -2.52. The van der Waals surface area contributed by atoms with Gasteiger partial charge in [0.15, 0.2) is 12.6 Å². The van der Waals surface area contributed by atoms with Gasteiger partial charge in [0.05, 0.1) is 37.9 Å². The number of hydrogen-bond acceptors (Lipinski definition) is 8. The van der Waals surface area contributed by atoms with Gasteiger partial charge in [-0.2, -0.15) is 0 Å². The van der Waals surface area contributed by atoms with Crippen LogP contribution in [0.4, 0.5) is 0 Å². The average molecular weight is 432 g/mol. The molecule has 1 amide bonds. The highest BCUT2D eigenvalue weighted by atomic mass is 16.7. The van der Waals surface area contributed by atoms with Crippen LogP contribution in [0.15, 0.2) is 0 Å². The SMILES string of the molecule is C.CNCCCC1OCC2(CO1)COC(CCCNC(=O)C(N)CCC(C)=O)OC2. The van der Waals surface area contributed by atoms with E-state index in [4.69, 9.17) is 24.7 Å². The Bertz CT molecular complexity index is 501. The number of amides is 1. The Hall–Kier alpha value is -1.10. The molecule has 0 aromatic heterocycles. The molecule has 1 atom stereocenters. The molecule has 176 valence electrons. The van der Waals surface area contributed by atoms with Crippen LogP contribution in [-0.2, 0) is 28.5 Å². The number of hydrogen-bond donors (Lipinski definition) is 3. The molecular weight excluding hydrogens is 390 g/mol. The van der Waals surface area contributed by atoms with Gasteiger partial charge in [-0.3, -0.25) is 4.79 Å². The van der Waals surface area contributed by atoms with Crippen LogP contribution < -0.4 is 16.4 Å². The van der Waals surface area contributed by atoms with Crippen LogP contribution >= 0.6 is 0 Å². The number of carbonyl (C=O) groups excluding carboxylic acids is 2. The second-order valence-corrected chi connectivity index (χ2v) is 8.13. The van der Waals surface area contributed by atoms with Crippen LogP contribution in [-0.4, -0.2) is 76.9 Å². The lowest BCUT2D eigenvalue weighted by molar-refractivity contribution is -0.304. The monoisotopic (exact) mass is 431 g/mol. The highest BCUT2D eigenvalue weighted by molar-refractivity contribution is 5.82. The predicted molar refractivity (Wildman–Crippen MR) is 114 cm³/mol. The fourth-order valence-corrected chi connectivity index (χ4v) is 3.31. The third-order valence-electron chi connectivity index (χ3n) is 5.23. The smallest absolute Gasteiger partial charge is 0.236 e. The number of ketones is 1. The molecule has 30 heavy (non-hydrogen) atoms. The third-order valence-corrected chi connectivity index (χ3v) is 5.23. The first-order valence-electron chi connectivity index (χ1n) is 10.6. The molecule has 0 aromatic carbocycles. The Labute approximate surface area is 180 Å². The van der Waals surface area contributed by atoms with Crippen LogP contribution in [0.3, 0.4) is 0 Å². The number of nitrogens with one attached hydrogen (secondary N) is 2. The molecule has 4 N–H and O–H groups in total. The van der Waals surface area contributed by atoms with Crippen LogP contribution in [0.5, 0.6) is 0 Å². The summed E-state index contributed by atoms with van der Waals surface area (Å²) >= 11 is 0. The average Bonchev–Trinajstić information content (AvgIpc) is 2.72. The van der Waals surface area contributed by atoms with Crippen LogP contribution in [0.25, 0.3) is 0 Å². The number of nitrogens with two attached hydrogens (primary N) is 1. The molecule has 1 unspecified atom stereocenters. The molecule has 9 heteroatoms. The summed E-state index contributed by atoms with van der Waals surface area (Å²) in [6, 6.07) is -0.644. The Morgan fingerprint density at radius 2 is 1.50 bits per heavy atom. The van der Waals surface area contributed by atoms with Gasteiger partial charge in [0.25, 0.3) is 0 Å². The van der Waals surface area contributed by atoms with Crippen molar-refractivity contribution in [3.63, 3.8) is 0 Å². The molecular formula is C21H41N3O6. The van der Waals surface area contributed by atoms with Crippen LogP contribution in [0, 0.1) is 5.41 Å². The molecule has 2 aliphatic heterocycles. The lowest BCUT2D eigenvalue weighted by Gasteiger charge is -2.43. The minimum atomic E-state index is -0.644. The fraction of sp³-hybridized carbons (Fsp3) is 0.905. The zero-order chi connectivity index (χ0) is 21.1. The van der Waals surface area contributed by atoms with Gasteiger partial charge in [0, 0.05) is 19.4 Å². The van der Waals surface area contributed by atoms with Crippen molar-refractivity contribution in [1.82, 2.24) is 10.6 Å². The summed E-state index contributed by atoms with van der Waals surface area (Å²) in [4.78, 5) is 22.8. The molecule has 2 heterocycles. The Kier molecular flexibility index (Phi) is 12.6. The van der Waals surface area contributed by atoms with E-state index in [1.807, 2.05) is 7.05 Å². The molecule has 1 spiro atoms. The molecule has 0 saturated carbocycles. The molecule has 0 radical (unpaired) electrons. The van der Waals surface area contributed by atoms with Crippen molar-refractivity contribution in [3.05, 3.63) is 0 Å². The first-order valence-corrected chi connectivity index (χ1v) is 10.6. The number of Topliss-reactive ketones (excluding diaryl/α,β-unsaturated/α-hetero) is 1. The summed E-state index contributed by atoms with van der Waals surface area (Å²) in [5, 5.41) is 5.92. The second-order valence-electron chi connectivity index (χ2n) is 8.13. The van der Waals surface area contributed by atoms with Gasteiger partial charge < -0.3 is 40.1 Å². The molecule has 9 nitrogen and oxygen atoms in total. The Morgan fingerprint density at radius 3 is 1.97 bits per heavy atom. The standard InChI is InChI=1S/C20H37N3O6.CH4/c1-15(24)7-8-16(21)19(25)23-10-4-6-18-28-13-20(14-29-18)11-26-17(27-12-20)5-3-9-22-2;/h16-18,22H,3-14,21H2,1-2H3,(H,23,25);1H4. The molecule has 0 aromatic rings. The van der Waals surface area contributed by atoms with Crippen molar-refractivity contribution < 1.29 is 28.5 Å². The first-order chi connectivity index (χ1) is 13.9. The quantitative estimate of drug-likeness (QED) is 0.391. The van der Waals surface area contributed by atoms with Crippen molar-refractivity contribution in [2.24, 2.45) is 11.1 Å². The van der Waals surface area contributed by atoms with Gasteiger partial charge in [-0.25, -0.2) is 0 Å². The van der Waals surface area contributed by atoms with E-state index in [9.17, 15) is 9.59 Å². The van der Waals surface area contributed by atoms with E-state index in [1.165, 1.54) is 6.92 Å². The Morgan fingerprint density at radius 1 is 1.00 bits per heavy atom. The third kappa shape index (κ3) is 9.36. The Balaban J connectivity index is 0.00000450. The van der Waals surface area contributed by atoms with Crippen molar-refractivity contribution in [2.75, 3.05) is 46.6 Å². The van der Waals surface area contributed by atoms with Crippen molar-refractivity contribution in [2.45, 2.75) is 71.5 Å². The summed E-state index contributed by atoms with van der Waals surface area (Å²) in [6.45, 7) is 5.20. The van der Waals surface area contributed by atoms with E-state index in [0.29, 0.717) is 52.2 Å². The molecule has 2 saturated heterocycles.